The van der Waals surface area contributed by atoms with E-state index in [0.29, 0.717) is 13.2 Å². The Morgan fingerprint density at radius 3 is 1.06 bits per heavy atom. The van der Waals surface area contributed by atoms with Gasteiger partial charge in [0.1, 0.15) is 0 Å². The molecule has 0 saturated carbocycles. The summed E-state index contributed by atoms with van der Waals surface area (Å²) in [5.74, 6) is -1.80. The normalized spacial score (nSPS) is 11.8. The maximum absolute atomic E-state index is 11.8. The third kappa shape index (κ3) is 19.8. The molecule has 0 radical (unpaired) electrons. The molecule has 186 valence electrons. The van der Waals surface area contributed by atoms with E-state index in [0.717, 1.165) is 25.7 Å². The number of primary amides is 1. The van der Waals surface area contributed by atoms with Crippen LogP contribution in [-0.2, 0) is 14.3 Å². The van der Waals surface area contributed by atoms with Crippen molar-refractivity contribution in [3.8, 4) is 0 Å². The van der Waals surface area contributed by atoms with E-state index in [4.69, 9.17) is 15.2 Å². The van der Waals surface area contributed by atoms with E-state index in [2.05, 4.69) is 13.8 Å². The minimum atomic E-state index is -1.28. The van der Waals surface area contributed by atoms with Gasteiger partial charge in [-0.15, -0.1) is 0 Å². The van der Waals surface area contributed by atoms with Gasteiger partial charge in [0.15, 0.2) is 0 Å². The summed E-state index contributed by atoms with van der Waals surface area (Å²) < 4.78 is 11.5. The third-order valence-electron chi connectivity index (χ3n) is 6.20. The number of amides is 1. The van der Waals surface area contributed by atoms with Crippen LogP contribution in [0.4, 0.5) is 0 Å². The first-order valence-electron chi connectivity index (χ1n) is 13.6. The monoisotopic (exact) mass is 441 g/mol. The molecular weight excluding hydrogens is 386 g/mol. The van der Waals surface area contributed by atoms with Crippen molar-refractivity contribution in [3.05, 3.63) is 0 Å². The average Bonchev–Trinajstić information content (AvgIpc) is 2.75. The number of carbonyl (C=O) groups excluding carboxylic acids is 1. The summed E-state index contributed by atoms with van der Waals surface area (Å²) in [6.45, 7) is 7.26. The fourth-order valence-electron chi connectivity index (χ4n) is 3.90. The van der Waals surface area contributed by atoms with Crippen molar-refractivity contribution in [3.63, 3.8) is 0 Å². The number of hydrogen-bond donors (Lipinski definition) is 1. The van der Waals surface area contributed by atoms with Gasteiger partial charge in [-0.2, -0.15) is 0 Å². The van der Waals surface area contributed by atoms with Crippen molar-refractivity contribution in [1.82, 2.24) is 0 Å². The zero-order valence-corrected chi connectivity index (χ0v) is 21.4. The summed E-state index contributed by atoms with van der Waals surface area (Å²) in [7, 11) is 0. The summed E-state index contributed by atoms with van der Waals surface area (Å²) in [5.41, 5.74) is 5.54. The van der Waals surface area contributed by atoms with Gasteiger partial charge < -0.3 is 15.2 Å². The molecule has 0 aliphatic heterocycles. The van der Waals surface area contributed by atoms with Gasteiger partial charge in [-0.25, -0.2) is 0 Å². The van der Waals surface area contributed by atoms with Gasteiger partial charge in [-0.3, -0.25) is 4.79 Å². The number of carbonyl (C=O) groups is 1. The van der Waals surface area contributed by atoms with E-state index in [1.54, 1.807) is 6.92 Å². The quantitative estimate of drug-likeness (QED) is 0.115. The molecule has 0 fully saturated rings. The Morgan fingerprint density at radius 1 is 0.548 bits per heavy atom. The molecule has 0 unspecified atom stereocenters. The van der Waals surface area contributed by atoms with Crippen molar-refractivity contribution in [2.24, 2.45) is 5.73 Å². The topological polar surface area (TPSA) is 61.6 Å². The fraction of sp³-hybridized carbons (Fsp3) is 0.963. The van der Waals surface area contributed by atoms with Crippen molar-refractivity contribution >= 4 is 5.91 Å². The largest absolute Gasteiger partial charge is 0.365 e. The van der Waals surface area contributed by atoms with Gasteiger partial charge in [0.05, 0.1) is 13.2 Å². The minimum absolute atomic E-state index is 0.522. The molecular formula is C27H55NO3. The third-order valence-corrected chi connectivity index (χ3v) is 6.20. The van der Waals surface area contributed by atoms with Crippen molar-refractivity contribution in [2.45, 2.75) is 155 Å². The van der Waals surface area contributed by atoms with Crippen molar-refractivity contribution in [2.75, 3.05) is 13.2 Å². The van der Waals surface area contributed by atoms with Crippen molar-refractivity contribution < 1.29 is 14.3 Å². The van der Waals surface area contributed by atoms with Crippen LogP contribution in [0.2, 0.25) is 0 Å². The first kappa shape index (κ1) is 30.4. The second kappa shape index (κ2) is 22.6. The molecule has 0 aromatic carbocycles. The van der Waals surface area contributed by atoms with E-state index in [9.17, 15) is 4.79 Å². The maximum atomic E-state index is 11.8. The molecule has 4 nitrogen and oxygen atoms in total. The predicted octanol–water partition coefficient (Wildman–Crippen LogP) is 8.06. The minimum Gasteiger partial charge on any atom is -0.365 e. The zero-order valence-electron chi connectivity index (χ0n) is 21.4. The zero-order chi connectivity index (χ0) is 23.0. The standard InChI is InChI=1S/C27H55NO3/c1-4-6-8-10-12-14-16-18-20-22-24-30-27(3,26(28)29)31-25-23-21-19-17-15-13-11-9-7-5-2/h4-25H2,1-3H3,(H2,28,29). The number of rotatable bonds is 25. The van der Waals surface area contributed by atoms with E-state index in [1.807, 2.05) is 0 Å². The molecule has 0 atom stereocenters. The Kier molecular flexibility index (Phi) is 22.1. The van der Waals surface area contributed by atoms with Gasteiger partial charge >= 0.3 is 0 Å². The Balaban J connectivity index is 3.62. The van der Waals surface area contributed by atoms with Gasteiger partial charge in [0.2, 0.25) is 5.79 Å². The number of ether oxygens (including phenoxy) is 2. The second-order valence-corrected chi connectivity index (χ2v) is 9.37. The molecule has 0 saturated heterocycles. The first-order valence-corrected chi connectivity index (χ1v) is 13.6. The van der Waals surface area contributed by atoms with Gasteiger partial charge in [-0.05, 0) is 19.8 Å². The Labute approximate surface area is 194 Å². The van der Waals surface area contributed by atoms with Crippen LogP contribution in [0.1, 0.15) is 149 Å². The number of hydrogen-bond acceptors (Lipinski definition) is 3. The Morgan fingerprint density at radius 2 is 0.806 bits per heavy atom. The highest BCUT2D eigenvalue weighted by Crippen LogP contribution is 2.16. The molecule has 0 aliphatic rings. The van der Waals surface area contributed by atoms with Crippen LogP contribution in [0.15, 0.2) is 0 Å². The highest BCUT2D eigenvalue weighted by Gasteiger charge is 2.32. The van der Waals surface area contributed by atoms with E-state index >= 15 is 0 Å². The molecule has 0 aromatic rings. The predicted molar refractivity (Wildman–Crippen MR) is 133 cm³/mol. The van der Waals surface area contributed by atoms with Crippen LogP contribution in [0.5, 0.6) is 0 Å². The molecule has 4 heteroatoms. The summed E-state index contributed by atoms with van der Waals surface area (Å²) in [4.78, 5) is 11.8. The van der Waals surface area contributed by atoms with E-state index in [-0.39, 0.29) is 0 Å². The molecule has 0 rings (SSSR count). The van der Waals surface area contributed by atoms with Crippen LogP contribution >= 0.6 is 0 Å². The Bertz CT molecular complexity index is 361. The molecule has 0 heterocycles. The van der Waals surface area contributed by atoms with Gasteiger partial charge in [0, 0.05) is 0 Å². The summed E-state index contributed by atoms with van der Waals surface area (Å²) >= 11 is 0. The van der Waals surface area contributed by atoms with Gasteiger partial charge in [-0.1, -0.05) is 129 Å². The van der Waals surface area contributed by atoms with Crippen LogP contribution in [0.3, 0.4) is 0 Å². The van der Waals surface area contributed by atoms with E-state index < -0.39 is 11.7 Å². The molecule has 0 aromatic heterocycles. The first-order chi connectivity index (χ1) is 15.1. The highest BCUT2D eigenvalue weighted by molar-refractivity contribution is 5.81. The molecule has 0 aliphatic carbocycles. The van der Waals surface area contributed by atoms with Crippen LogP contribution in [-0.4, -0.2) is 24.9 Å². The van der Waals surface area contributed by atoms with Crippen molar-refractivity contribution in [1.29, 1.82) is 0 Å². The lowest BCUT2D eigenvalue weighted by atomic mass is 10.1. The van der Waals surface area contributed by atoms with Gasteiger partial charge in [0.25, 0.3) is 5.91 Å². The lowest BCUT2D eigenvalue weighted by molar-refractivity contribution is -0.220. The van der Waals surface area contributed by atoms with Crippen LogP contribution < -0.4 is 5.73 Å². The summed E-state index contributed by atoms with van der Waals surface area (Å²) in [6, 6.07) is 0. The molecule has 0 spiro atoms. The molecule has 31 heavy (non-hydrogen) atoms. The van der Waals surface area contributed by atoms with E-state index in [1.165, 1.54) is 103 Å². The fourth-order valence-corrected chi connectivity index (χ4v) is 3.90. The summed E-state index contributed by atoms with van der Waals surface area (Å²) in [6.07, 6.45) is 25.6. The number of unbranched alkanes of at least 4 members (excludes halogenated alkanes) is 18. The smallest absolute Gasteiger partial charge is 0.277 e. The number of nitrogens with two attached hydrogens (primary N) is 1. The summed E-state index contributed by atoms with van der Waals surface area (Å²) in [5, 5.41) is 0. The molecule has 2 N–H and O–H groups in total. The molecule has 0 bridgehead atoms. The van der Waals surface area contributed by atoms with Crippen LogP contribution in [0, 0.1) is 0 Å². The van der Waals surface area contributed by atoms with Crippen LogP contribution in [0.25, 0.3) is 0 Å². The highest BCUT2D eigenvalue weighted by atomic mass is 16.7. The maximum Gasteiger partial charge on any atom is 0.277 e. The lowest BCUT2D eigenvalue weighted by Gasteiger charge is -2.26. The Hall–Kier alpha value is -0.610. The lowest BCUT2D eigenvalue weighted by Crippen LogP contribution is -2.46. The average molecular weight is 442 g/mol. The second-order valence-electron chi connectivity index (χ2n) is 9.37. The SMILES string of the molecule is CCCCCCCCCCCCOC(C)(OCCCCCCCCCCCC)C(N)=O. The molecule has 1 amide bonds.